The van der Waals surface area contributed by atoms with Gasteiger partial charge in [-0.2, -0.15) is 0 Å². The van der Waals surface area contributed by atoms with E-state index in [2.05, 4.69) is 4.74 Å². The molecule has 14 heavy (non-hydrogen) atoms. The van der Waals surface area contributed by atoms with E-state index in [0.29, 0.717) is 0 Å². The van der Waals surface area contributed by atoms with Gasteiger partial charge in [0.25, 0.3) is 0 Å². The predicted molar refractivity (Wildman–Crippen MR) is 49.8 cm³/mol. The van der Waals surface area contributed by atoms with Crippen LogP contribution in [0, 0.1) is 0 Å². The molecule has 0 radical (unpaired) electrons. The highest BCUT2D eigenvalue weighted by molar-refractivity contribution is 6.34. The largest absolute Gasteiger partial charge is 0.478 e. The summed E-state index contributed by atoms with van der Waals surface area (Å²) in [5, 5.41) is 8.81. The minimum Gasteiger partial charge on any atom is -0.478 e. The van der Waals surface area contributed by atoms with Crippen molar-refractivity contribution in [3.63, 3.8) is 0 Å². The quantitative estimate of drug-likeness (QED) is 0.763. The minimum absolute atomic E-state index is 0.0143. The summed E-state index contributed by atoms with van der Waals surface area (Å²) in [7, 11) is 1.18. The Bertz CT molecular complexity index is 386. The summed E-state index contributed by atoms with van der Waals surface area (Å²) in [5.41, 5.74) is -0.284. The van der Waals surface area contributed by atoms with Crippen molar-refractivity contribution in [1.82, 2.24) is 0 Å². The first-order valence-electron chi connectivity index (χ1n) is 3.68. The van der Waals surface area contributed by atoms with Gasteiger partial charge in [0, 0.05) is 0 Å². The molecule has 0 saturated heterocycles. The van der Waals surface area contributed by atoms with Crippen molar-refractivity contribution in [1.29, 1.82) is 0 Å². The Labute approximate surface area is 85.1 Å². The second-order valence-corrected chi connectivity index (χ2v) is 2.87. The van der Waals surface area contributed by atoms with Gasteiger partial charge in [-0.25, -0.2) is 9.59 Å². The Hall–Kier alpha value is -1.55. The number of hydrogen-bond donors (Lipinski definition) is 1. The van der Waals surface area contributed by atoms with E-state index in [1.54, 1.807) is 0 Å². The van der Waals surface area contributed by atoms with E-state index in [9.17, 15) is 9.59 Å². The molecule has 0 saturated carbocycles. The summed E-state index contributed by atoms with van der Waals surface area (Å²) < 4.78 is 4.42. The number of benzene rings is 1. The molecule has 0 aromatic heterocycles. The molecule has 4 nitrogen and oxygen atoms in total. The molecular weight excluding hydrogens is 208 g/mol. The van der Waals surface area contributed by atoms with E-state index in [0.717, 1.165) is 0 Å². The number of rotatable bonds is 2. The van der Waals surface area contributed by atoms with Crippen LogP contribution in [-0.4, -0.2) is 24.2 Å². The fourth-order valence-electron chi connectivity index (χ4n) is 1.02. The van der Waals surface area contributed by atoms with Gasteiger partial charge in [-0.15, -0.1) is 0 Å². The van der Waals surface area contributed by atoms with Gasteiger partial charge < -0.3 is 9.84 Å². The Morgan fingerprint density at radius 2 is 2.07 bits per heavy atom. The van der Waals surface area contributed by atoms with Crippen molar-refractivity contribution < 1.29 is 19.4 Å². The van der Waals surface area contributed by atoms with Crippen LogP contribution in [0.1, 0.15) is 20.7 Å². The van der Waals surface area contributed by atoms with Crippen LogP contribution < -0.4 is 0 Å². The second kappa shape index (κ2) is 4.11. The number of aromatic carboxylic acids is 1. The van der Waals surface area contributed by atoms with E-state index >= 15 is 0 Å². The Kier molecular flexibility index (Phi) is 3.09. The number of carboxylic acids is 1. The molecule has 1 N–H and O–H groups in total. The highest BCUT2D eigenvalue weighted by Gasteiger charge is 2.19. The maximum atomic E-state index is 11.1. The Balaban J connectivity index is 3.35. The third-order valence-electron chi connectivity index (χ3n) is 1.63. The molecule has 0 fully saturated rings. The van der Waals surface area contributed by atoms with Crippen LogP contribution in [-0.2, 0) is 4.74 Å². The first-order chi connectivity index (χ1) is 6.57. The van der Waals surface area contributed by atoms with Crippen LogP contribution in [0.25, 0.3) is 0 Å². The monoisotopic (exact) mass is 214 g/mol. The number of halogens is 1. The van der Waals surface area contributed by atoms with Crippen molar-refractivity contribution in [3.05, 3.63) is 34.3 Å². The Morgan fingerprint density at radius 3 is 2.57 bits per heavy atom. The van der Waals surface area contributed by atoms with Gasteiger partial charge in [0.15, 0.2) is 0 Å². The van der Waals surface area contributed by atoms with Gasteiger partial charge in [-0.05, 0) is 12.1 Å². The third-order valence-corrected chi connectivity index (χ3v) is 1.95. The maximum absolute atomic E-state index is 11.1. The molecule has 0 aliphatic carbocycles. The molecule has 0 heterocycles. The Morgan fingerprint density at radius 1 is 1.43 bits per heavy atom. The van der Waals surface area contributed by atoms with E-state index < -0.39 is 11.9 Å². The molecule has 1 aromatic rings. The molecule has 0 spiro atoms. The molecule has 0 atom stereocenters. The summed E-state index contributed by atoms with van der Waals surface area (Å²) in [6.07, 6.45) is 0. The number of carbonyl (C=O) groups is 2. The molecule has 74 valence electrons. The molecule has 1 rings (SSSR count). The van der Waals surface area contributed by atoms with Crippen LogP contribution in [0.15, 0.2) is 18.2 Å². The van der Waals surface area contributed by atoms with E-state index in [4.69, 9.17) is 16.7 Å². The van der Waals surface area contributed by atoms with Crippen LogP contribution >= 0.6 is 11.6 Å². The van der Waals surface area contributed by atoms with Crippen molar-refractivity contribution in [2.24, 2.45) is 0 Å². The van der Waals surface area contributed by atoms with Gasteiger partial charge >= 0.3 is 11.9 Å². The molecule has 0 bridgehead atoms. The van der Waals surface area contributed by atoms with E-state index in [1.807, 2.05) is 0 Å². The SMILES string of the molecule is COC(=O)c1cccc(Cl)c1C(=O)O. The van der Waals surface area contributed by atoms with E-state index in [1.165, 1.54) is 25.3 Å². The lowest BCUT2D eigenvalue weighted by Gasteiger charge is -2.04. The van der Waals surface area contributed by atoms with Crippen molar-refractivity contribution in [2.45, 2.75) is 0 Å². The fraction of sp³-hybridized carbons (Fsp3) is 0.111. The van der Waals surface area contributed by atoms with Crippen LogP contribution in [0.2, 0.25) is 5.02 Å². The molecule has 0 unspecified atom stereocenters. The minimum atomic E-state index is -1.25. The van der Waals surface area contributed by atoms with Gasteiger partial charge in [0.1, 0.15) is 0 Å². The summed E-state index contributed by atoms with van der Waals surface area (Å²) in [6, 6.07) is 4.24. The summed E-state index contributed by atoms with van der Waals surface area (Å²) in [5.74, 6) is -1.97. The van der Waals surface area contributed by atoms with Gasteiger partial charge in [0.2, 0.25) is 0 Å². The zero-order valence-electron chi connectivity index (χ0n) is 7.28. The van der Waals surface area contributed by atoms with Gasteiger partial charge in [-0.3, -0.25) is 0 Å². The van der Waals surface area contributed by atoms with Crippen LogP contribution in [0.5, 0.6) is 0 Å². The second-order valence-electron chi connectivity index (χ2n) is 2.46. The number of carboxylic acid groups (broad SMARTS) is 1. The summed E-state index contributed by atoms with van der Waals surface area (Å²) >= 11 is 5.64. The first-order valence-corrected chi connectivity index (χ1v) is 4.06. The predicted octanol–water partition coefficient (Wildman–Crippen LogP) is 1.82. The number of hydrogen-bond acceptors (Lipinski definition) is 3. The van der Waals surface area contributed by atoms with Crippen LogP contribution in [0.4, 0.5) is 0 Å². The number of ether oxygens (including phenoxy) is 1. The molecule has 0 aliphatic heterocycles. The average Bonchev–Trinajstić information content (AvgIpc) is 2.15. The summed E-state index contributed by atoms with van der Waals surface area (Å²) in [4.78, 5) is 21.9. The van der Waals surface area contributed by atoms with E-state index in [-0.39, 0.29) is 16.1 Å². The highest BCUT2D eigenvalue weighted by atomic mass is 35.5. The zero-order chi connectivity index (χ0) is 10.7. The highest BCUT2D eigenvalue weighted by Crippen LogP contribution is 2.20. The molecular formula is C9H7ClO4. The fourth-order valence-corrected chi connectivity index (χ4v) is 1.28. The smallest absolute Gasteiger partial charge is 0.338 e. The normalized spacial score (nSPS) is 9.57. The van der Waals surface area contributed by atoms with Crippen LogP contribution in [0.3, 0.4) is 0 Å². The molecule has 1 aromatic carbocycles. The standard InChI is InChI=1S/C9H7ClO4/c1-14-9(13)5-3-2-4-6(10)7(5)8(11)12/h2-4H,1H3,(H,11,12). The molecule has 5 heteroatoms. The zero-order valence-corrected chi connectivity index (χ0v) is 8.04. The first kappa shape index (κ1) is 10.5. The van der Waals surface area contributed by atoms with Crippen molar-refractivity contribution in [3.8, 4) is 0 Å². The number of methoxy groups -OCH3 is 1. The lowest BCUT2D eigenvalue weighted by molar-refractivity contribution is 0.0582. The molecule has 0 aliphatic rings. The topological polar surface area (TPSA) is 63.6 Å². The van der Waals surface area contributed by atoms with Crippen molar-refractivity contribution in [2.75, 3.05) is 7.11 Å². The van der Waals surface area contributed by atoms with Gasteiger partial charge in [-0.1, -0.05) is 17.7 Å². The lowest BCUT2D eigenvalue weighted by atomic mass is 10.1. The van der Waals surface area contributed by atoms with Crippen molar-refractivity contribution >= 4 is 23.5 Å². The number of carbonyl (C=O) groups excluding carboxylic acids is 1. The maximum Gasteiger partial charge on any atom is 0.338 e. The average molecular weight is 215 g/mol. The number of esters is 1. The van der Waals surface area contributed by atoms with Gasteiger partial charge in [0.05, 0.1) is 23.3 Å². The lowest BCUT2D eigenvalue weighted by Crippen LogP contribution is -2.10. The third kappa shape index (κ3) is 1.85. The molecule has 0 amide bonds. The summed E-state index contributed by atoms with van der Waals surface area (Å²) in [6.45, 7) is 0.